The minimum Gasteiger partial charge on any atom is -0.435 e. The normalized spacial score (nSPS) is 18.9. The van der Waals surface area contributed by atoms with E-state index in [2.05, 4.69) is 40.2 Å². The highest BCUT2D eigenvalue weighted by Crippen LogP contribution is 2.33. The molecule has 2 fully saturated rings. The number of imidazole rings is 1. The second-order valence-corrected chi connectivity index (χ2v) is 8.46. The van der Waals surface area contributed by atoms with Crippen LogP contribution in [0.4, 0.5) is 23.1 Å². The van der Waals surface area contributed by atoms with Gasteiger partial charge in [0.1, 0.15) is 5.52 Å². The Morgan fingerprint density at radius 3 is 2.85 bits per heavy atom. The van der Waals surface area contributed by atoms with Gasteiger partial charge in [-0.15, -0.1) is 15.2 Å². The van der Waals surface area contributed by atoms with Gasteiger partial charge in [0.25, 0.3) is 5.82 Å². The molecule has 0 saturated carbocycles. The Labute approximate surface area is 195 Å². The zero-order chi connectivity index (χ0) is 23.2. The molecule has 6 heterocycles. The zero-order valence-electron chi connectivity index (χ0n) is 18.6. The standard InChI is InChI=1S/C23H21N9O2/c1-13-6-19(24-2)25-9-17(13)34-21-8-16(22-23(28-21)31(3)12-26-22)27-18-4-5-20(30-29-18)32-10-15-7-14(32)11-33-15/h4-6,8-9,12,14-15H,7,10-11H2,1,3H3,(H,27,28,29)/t14-,15-/m0/s1. The number of nitrogens with one attached hydrogen (secondary N) is 1. The quantitative estimate of drug-likeness (QED) is 0.452. The molecule has 4 aromatic rings. The molecule has 170 valence electrons. The average Bonchev–Trinajstić information content (AvgIpc) is 3.58. The number of aromatic nitrogens is 6. The Morgan fingerprint density at radius 2 is 2.15 bits per heavy atom. The largest absolute Gasteiger partial charge is 0.435 e. The first-order chi connectivity index (χ1) is 16.6. The molecule has 0 aliphatic carbocycles. The molecule has 6 rings (SSSR count). The summed E-state index contributed by atoms with van der Waals surface area (Å²) in [5.74, 6) is 2.66. The van der Waals surface area contributed by atoms with Crippen molar-refractivity contribution < 1.29 is 9.47 Å². The molecule has 34 heavy (non-hydrogen) atoms. The zero-order valence-corrected chi connectivity index (χ0v) is 18.6. The predicted octanol–water partition coefficient (Wildman–Crippen LogP) is 3.53. The minimum absolute atomic E-state index is 0.300. The second kappa shape index (κ2) is 7.93. The molecule has 0 spiro atoms. The maximum Gasteiger partial charge on any atom is 0.269 e. The average molecular weight is 455 g/mol. The van der Waals surface area contributed by atoms with Gasteiger partial charge in [0.05, 0.1) is 30.8 Å². The topological polar surface area (TPSA) is 107 Å². The van der Waals surface area contributed by atoms with Gasteiger partial charge >= 0.3 is 0 Å². The maximum atomic E-state index is 7.12. The fourth-order valence-electron chi connectivity index (χ4n) is 4.39. The van der Waals surface area contributed by atoms with Crippen molar-refractivity contribution in [1.82, 2.24) is 29.7 Å². The van der Waals surface area contributed by atoms with Gasteiger partial charge in [-0.1, -0.05) is 6.57 Å². The second-order valence-electron chi connectivity index (χ2n) is 8.46. The number of pyridine rings is 2. The van der Waals surface area contributed by atoms with Gasteiger partial charge in [-0.2, -0.15) is 4.98 Å². The van der Waals surface area contributed by atoms with E-state index in [0.29, 0.717) is 52.3 Å². The summed E-state index contributed by atoms with van der Waals surface area (Å²) in [5.41, 5.74) is 2.83. The third kappa shape index (κ3) is 3.54. The van der Waals surface area contributed by atoms with E-state index in [1.807, 2.05) is 30.7 Å². The Hall–Kier alpha value is -4.30. The monoisotopic (exact) mass is 455 g/mol. The van der Waals surface area contributed by atoms with Gasteiger partial charge in [-0.05, 0) is 37.1 Å². The van der Waals surface area contributed by atoms with E-state index in [-0.39, 0.29) is 0 Å². The van der Waals surface area contributed by atoms with Crippen molar-refractivity contribution in [3.63, 3.8) is 0 Å². The summed E-state index contributed by atoms with van der Waals surface area (Å²) in [6.07, 6.45) is 4.58. The Bertz CT molecular complexity index is 1430. The summed E-state index contributed by atoms with van der Waals surface area (Å²) in [6, 6.07) is 7.71. The van der Waals surface area contributed by atoms with E-state index in [4.69, 9.17) is 16.0 Å². The molecule has 0 unspecified atom stereocenters. The lowest BCUT2D eigenvalue weighted by Gasteiger charge is -2.27. The van der Waals surface area contributed by atoms with Crippen LogP contribution in [-0.2, 0) is 11.8 Å². The number of anilines is 3. The Morgan fingerprint density at radius 1 is 1.24 bits per heavy atom. The SMILES string of the molecule is [C-]#[N+]c1cc(C)c(Oc2cc(Nc3ccc(N4C[C@@H]5C[C@H]4CO5)nn3)c3ncn(C)c3n2)cn1. The van der Waals surface area contributed by atoms with Gasteiger partial charge in [0.15, 0.2) is 29.2 Å². The molecule has 1 N–H and O–H groups in total. The highest BCUT2D eigenvalue weighted by molar-refractivity contribution is 5.88. The van der Waals surface area contributed by atoms with Gasteiger partial charge < -0.3 is 29.1 Å². The number of morpholine rings is 1. The first-order valence-electron chi connectivity index (χ1n) is 10.9. The first-order valence-corrected chi connectivity index (χ1v) is 10.9. The van der Waals surface area contributed by atoms with Gasteiger partial charge in [0, 0.05) is 19.7 Å². The van der Waals surface area contributed by atoms with Crippen LogP contribution in [0.15, 0.2) is 36.8 Å². The van der Waals surface area contributed by atoms with Crippen molar-refractivity contribution in [3.8, 4) is 11.6 Å². The highest BCUT2D eigenvalue weighted by atomic mass is 16.5. The van der Waals surface area contributed by atoms with Crippen LogP contribution in [0.5, 0.6) is 11.6 Å². The third-order valence-electron chi connectivity index (χ3n) is 6.13. The molecule has 0 aromatic carbocycles. The molecule has 2 atom stereocenters. The van der Waals surface area contributed by atoms with Crippen molar-refractivity contribution in [3.05, 3.63) is 53.8 Å². The summed E-state index contributed by atoms with van der Waals surface area (Å²) in [5, 5.41) is 12.1. The number of hydrogen-bond donors (Lipinski definition) is 1. The van der Waals surface area contributed by atoms with Crippen LogP contribution in [0.2, 0.25) is 0 Å². The maximum absolute atomic E-state index is 7.12. The Balaban J connectivity index is 1.28. The lowest BCUT2D eigenvalue weighted by Crippen LogP contribution is -2.37. The lowest BCUT2D eigenvalue weighted by atomic mass is 10.2. The number of aryl methyl sites for hydroxylation is 2. The predicted molar refractivity (Wildman–Crippen MR) is 125 cm³/mol. The summed E-state index contributed by atoms with van der Waals surface area (Å²) in [6.45, 7) is 10.6. The summed E-state index contributed by atoms with van der Waals surface area (Å²) in [4.78, 5) is 18.8. The molecule has 11 nitrogen and oxygen atoms in total. The van der Waals surface area contributed by atoms with E-state index >= 15 is 0 Å². The van der Waals surface area contributed by atoms with E-state index in [1.165, 1.54) is 6.20 Å². The van der Waals surface area contributed by atoms with Crippen LogP contribution in [0.25, 0.3) is 16.0 Å². The van der Waals surface area contributed by atoms with Crippen LogP contribution < -0.4 is 15.0 Å². The summed E-state index contributed by atoms with van der Waals surface area (Å²) < 4.78 is 13.5. The van der Waals surface area contributed by atoms with Crippen molar-refractivity contribution >= 4 is 34.3 Å². The van der Waals surface area contributed by atoms with Crippen LogP contribution in [0.3, 0.4) is 0 Å². The highest BCUT2D eigenvalue weighted by Gasteiger charge is 2.39. The van der Waals surface area contributed by atoms with Crippen LogP contribution >= 0.6 is 0 Å². The number of hydrogen-bond acceptors (Lipinski definition) is 9. The molecule has 0 amide bonds. The molecule has 4 aromatic heterocycles. The molecule has 11 heteroatoms. The number of fused-ring (bicyclic) bond motifs is 3. The number of ether oxygens (including phenoxy) is 2. The summed E-state index contributed by atoms with van der Waals surface area (Å²) in [7, 11) is 1.87. The lowest BCUT2D eigenvalue weighted by molar-refractivity contribution is 0.0988. The Kier molecular flexibility index (Phi) is 4.74. The van der Waals surface area contributed by atoms with E-state index in [0.717, 1.165) is 31.0 Å². The van der Waals surface area contributed by atoms with Crippen molar-refractivity contribution in [2.75, 3.05) is 23.4 Å². The van der Waals surface area contributed by atoms with Crippen molar-refractivity contribution in [1.29, 1.82) is 0 Å². The van der Waals surface area contributed by atoms with Gasteiger partial charge in [-0.25, -0.2) is 4.98 Å². The molecular formula is C23H21N9O2. The van der Waals surface area contributed by atoms with E-state index < -0.39 is 0 Å². The molecule has 2 aliphatic rings. The fraction of sp³-hybridized carbons (Fsp3) is 0.304. The molecule has 0 radical (unpaired) electrons. The van der Waals surface area contributed by atoms with Crippen molar-refractivity contribution in [2.24, 2.45) is 7.05 Å². The van der Waals surface area contributed by atoms with Gasteiger partial charge in [-0.3, -0.25) is 0 Å². The fourth-order valence-corrected chi connectivity index (χ4v) is 4.39. The van der Waals surface area contributed by atoms with Crippen molar-refractivity contribution in [2.45, 2.75) is 25.5 Å². The molecule has 2 aliphatic heterocycles. The first kappa shape index (κ1) is 20.3. The summed E-state index contributed by atoms with van der Waals surface area (Å²) >= 11 is 0. The molecule has 2 bridgehead atoms. The van der Waals surface area contributed by atoms with Crippen LogP contribution in [0.1, 0.15) is 12.0 Å². The van der Waals surface area contributed by atoms with E-state index in [9.17, 15) is 0 Å². The minimum atomic E-state index is 0.300. The van der Waals surface area contributed by atoms with Crippen LogP contribution in [0, 0.1) is 13.5 Å². The smallest absolute Gasteiger partial charge is 0.269 e. The third-order valence-corrected chi connectivity index (χ3v) is 6.13. The van der Waals surface area contributed by atoms with Gasteiger partial charge in [0.2, 0.25) is 5.88 Å². The number of nitrogens with zero attached hydrogens (tertiary/aromatic N) is 8. The molecule has 2 saturated heterocycles. The van der Waals surface area contributed by atoms with E-state index in [1.54, 1.807) is 18.5 Å². The van der Waals surface area contributed by atoms with Crippen LogP contribution in [-0.4, -0.2) is 55.0 Å². The number of rotatable bonds is 5. The molecular weight excluding hydrogens is 434 g/mol.